The van der Waals surface area contributed by atoms with Gasteiger partial charge in [0.25, 0.3) is 11.8 Å². The molecule has 2 N–H and O–H groups in total. The molecule has 0 saturated heterocycles. The highest BCUT2D eigenvalue weighted by atomic mass is 16.2. The van der Waals surface area contributed by atoms with Crippen molar-refractivity contribution in [2.75, 3.05) is 0 Å². The normalized spacial score (nSPS) is 19.6. The average Bonchev–Trinajstić information content (AvgIpc) is 2.63. The first-order chi connectivity index (χ1) is 12.5. The number of carbonyl (C=O) groups excluding carboxylic acids is 2. The number of hydrogen-bond acceptors (Lipinski definition) is 4. The second kappa shape index (κ2) is 8.08. The lowest BCUT2D eigenvalue weighted by molar-refractivity contribution is 0.0857. The lowest BCUT2D eigenvalue weighted by atomic mass is 9.90. The van der Waals surface area contributed by atoms with Gasteiger partial charge < -0.3 is 10.6 Å². The summed E-state index contributed by atoms with van der Waals surface area (Å²) in [6.07, 6.45) is 3.73. The zero-order valence-electron chi connectivity index (χ0n) is 15.2. The van der Waals surface area contributed by atoms with Crippen molar-refractivity contribution in [2.24, 2.45) is 0 Å². The van der Waals surface area contributed by atoms with E-state index in [1.165, 1.54) is 0 Å². The molecule has 0 unspecified atom stereocenters. The minimum atomic E-state index is -0.200. The van der Waals surface area contributed by atoms with Crippen LogP contribution in [0.4, 0.5) is 0 Å². The van der Waals surface area contributed by atoms with E-state index in [-0.39, 0.29) is 23.9 Å². The molecule has 2 aromatic heterocycles. The van der Waals surface area contributed by atoms with E-state index in [4.69, 9.17) is 0 Å². The van der Waals surface area contributed by atoms with E-state index in [2.05, 4.69) is 20.6 Å². The SMILES string of the molecule is Cc1cccc(C(=O)N[C@@H]2CCCC[C@H]2NC(=O)c2cccc(C)n2)n1. The summed E-state index contributed by atoms with van der Waals surface area (Å²) in [6, 6.07) is 10.6. The third kappa shape index (κ3) is 4.45. The fourth-order valence-corrected chi connectivity index (χ4v) is 3.30. The minimum Gasteiger partial charge on any atom is -0.346 e. The molecule has 1 aliphatic carbocycles. The summed E-state index contributed by atoms with van der Waals surface area (Å²) in [7, 11) is 0. The first-order valence-electron chi connectivity index (χ1n) is 9.02. The Hall–Kier alpha value is -2.76. The van der Waals surface area contributed by atoms with Crippen LogP contribution in [0, 0.1) is 13.8 Å². The van der Waals surface area contributed by atoms with Crippen LogP contribution in [0.15, 0.2) is 36.4 Å². The van der Waals surface area contributed by atoms with E-state index < -0.39 is 0 Å². The van der Waals surface area contributed by atoms with Gasteiger partial charge in [-0.1, -0.05) is 25.0 Å². The van der Waals surface area contributed by atoms with Crippen molar-refractivity contribution in [3.63, 3.8) is 0 Å². The smallest absolute Gasteiger partial charge is 0.270 e. The first-order valence-corrected chi connectivity index (χ1v) is 9.02. The van der Waals surface area contributed by atoms with Crippen molar-refractivity contribution >= 4 is 11.8 Å². The quantitative estimate of drug-likeness (QED) is 0.886. The Labute approximate surface area is 153 Å². The molecule has 6 heteroatoms. The van der Waals surface area contributed by atoms with Crippen LogP contribution in [0.5, 0.6) is 0 Å². The molecule has 0 radical (unpaired) electrons. The molecule has 1 fully saturated rings. The summed E-state index contributed by atoms with van der Waals surface area (Å²) in [4.78, 5) is 33.6. The van der Waals surface area contributed by atoms with Crippen LogP contribution in [0.3, 0.4) is 0 Å². The number of rotatable bonds is 4. The predicted octanol–water partition coefficient (Wildman–Crippen LogP) is 2.56. The zero-order valence-corrected chi connectivity index (χ0v) is 15.2. The molecule has 6 nitrogen and oxygen atoms in total. The number of hydrogen-bond donors (Lipinski definition) is 2. The Morgan fingerprint density at radius 3 is 1.62 bits per heavy atom. The van der Waals surface area contributed by atoms with Crippen molar-refractivity contribution in [3.05, 3.63) is 59.2 Å². The lowest BCUT2D eigenvalue weighted by Gasteiger charge is -2.32. The molecule has 2 heterocycles. The van der Waals surface area contributed by atoms with Gasteiger partial charge in [0.05, 0.1) is 0 Å². The number of aryl methyl sites for hydroxylation is 2. The van der Waals surface area contributed by atoms with E-state index in [1.54, 1.807) is 12.1 Å². The molecular formula is C20H24N4O2. The maximum atomic E-state index is 12.5. The summed E-state index contributed by atoms with van der Waals surface area (Å²) >= 11 is 0. The molecule has 136 valence electrons. The van der Waals surface area contributed by atoms with E-state index >= 15 is 0 Å². The number of carbonyl (C=O) groups is 2. The van der Waals surface area contributed by atoms with Gasteiger partial charge in [0.15, 0.2) is 0 Å². The number of nitrogens with one attached hydrogen (secondary N) is 2. The Morgan fingerprint density at radius 1 is 0.808 bits per heavy atom. The molecule has 2 atom stereocenters. The standard InChI is InChI=1S/C20H24N4O2/c1-13-7-5-11-17(21-13)19(25)23-15-9-3-4-10-16(15)24-20(26)18-12-6-8-14(2)22-18/h5-8,11-12,15-16H,3-4,9-10H2,1-2H3,(H,23,25)(H,24,26)/t15-,16-/m1/s1. The maximum absolute atomic E-state index is 12.5. The number of aromatic nitrogens is 2. The monoisotopic (exact) mass is 352 g/mol. The highest BCUT2D eigenvalue weighted by Crippen LogP contribution is 2.19. The second-order valence-corrected chi connectivity index (χ2v) is 6.77. The number of amides is 2. The summed E-state index contributed by atoms with van der Waals surface area (Å²) < 4.78 is 0. The van der Waals surface area contributed by atoms with E-state index in [1.807, 2.05) is 38.1 Å². The van der Waals surface area contributed by atoms with Gasteiger partial charge >= 0.3 is 0 Å². The van der Waals surface area contributed by atoms with E-state index in [0.717, 1.165) is 37.1 Å². The van der Waals surface area contributed by atoms with Gasteiger partial charge in [-0.2, -0.15) is 0 Å². The lowest BCUT2D eigenvalue weighted by Crippen LogP contribution is -2.53. The van der Waals surface area contributed by atoms with E-state index in [9.17, 15) is 9.59 Å². The molecule has 0 bridgehead atoms. The van der Waals surface area contributed by atoms with Crippen molar-refractivity contribution in [3.8, 4) is 0 Å². The van der Waals surface area contributed by atoms with Gasteiger partial charge in [0.1, 0.15) is 11.4 Å². The molecule has 1 saturated carbocycles. The summed E-state index contributed by atoms with van der Waals surface area (Å²) in [5.74, 6) is -0.401. The summed E-state index contributed by atoms with van der Waals surface area (Å²) in [6.45, 7) is 3.71. The first kappa shape index (κ1) is 18.0. The van der Waals surface area contributed by atoms with Crippen LogP contribution >= 0.6 is 0 Å². The van der Waals surface area contributed by atoms with Crippen LogP contribution < -0.4 is 10.6 Å². The van der Waals surface area contributed by atoms with Gasteiger partial charge in [-0.3, -0.25) is 9.59 Å². The van der Waals surface area contributed by atoms with Crippen LogP contribution in [0.25, 0.3) is 0 Å². The van der Waals surface area contributed by atoms with Crippen molar-refractivity contribution in [1.82, 2.24) is 20.6 Å². The summed E-state index contributed by atoms with van der Waals surface area (Å²) in [5, 5.41) is 6.09. The minimum absolute atomic E-state index is 0.104. The van der Waals surface area contributed by atoms with Crippen molar-refractivity contribution in [1.29, 1.82) is 0 Å². The van der Waals surface area contributed by atoms with Gasteiger partial charge in [-0.25, -0.2) is 9.97 Å². The van der Waals surface area contributed by atoms with Gasteiger partial charge in [0.2, 0.25) is 0 Å². The zero-order chi connectivity index (χ0) is 18.5. The Morgan fingerprint density at radius 2 is 1.23 bits per heavy atom. The van der Waals surface area contributed by atoms with Crippen LogP contribution in [0.2, 0.25) is 0 Å². The van der Waals surface area contributed by atoms with Crippen molar-refractivity contribution < 1.29 is 9.59 Å². The molecular weight excluding hydrogens is 328 g/mol. The van der Waals surface area contributed by atoms with Gasteiger partial charge in [-0.05, 0) is 51.0 Å². The largest absolute Gasteiger partial charge is 0.346 e. The average molecular weight is 352 g/mol. The van der Waals surface area contributed by atoms with E-state index in [0.29, 0.717) is 11.4 Å². The van der Waals surface area contributed by atoms with Gasteiger partial charge in [-0.15, -0.1) is 0 Å². The summed E-state index contributed by atoms with van der Waals surface area (Å²) in [5.41, 5.74) is 2.41. The van der Waals surface area contributed by atoms with Crippen LogP contribution in [0.1, 0.15) is 58.0 Å². The topological polar surface area (TPSA) is 84.0 Å². The second-order valence-electron chi connectivity index (χ2n) is 6.77. The Balaban J connectivity index is 1.67. The molecule has 0 aromatic carbocycles. The Kier molecular flexibility index (Phi) is 5.61. The highest BCUT2D eigenvalue weighted by molar-refractivity contribution is 5.93. The third-order valence-electron chi connectivity index (χ3n) is 4.64. The molecule has 0 aliphatic heterocycles. The molecule has 1 aliphatic rings. The van der Waals surface area contributed by atoms with Crippen molar-refractivity contribution in [2.45, 2.75) is 51.6 Å². The molecule has 0 spiro atoms. The number of nitrogens with zero attached hydrogens (tertiary/aromatic N) is 2. The van der Waals surface area contributed by atoms with Crippen LogP contribution in [-0.4, -0.2) is 33.9 Å². The highest BCUT2D eigenvalue weighted by Gasteiger charge is 2.29. The Bertz CT molecular complexity index is 738. The third-order valence-corrected chi connectivity index (χ3v) is 4.64. The molecule has 3 rings (SSSR count). The molecule has 2 amide bonds. The molecule has 2 aromatic rings. The van der Waals surface area contributed by atoms with Crippen LogP contribution in [-0.2, 0) is 0 Å². The predicted molar refractivity (Wildman–Crippen MR) is 98.9 cm³/mol. The number of pyridine rings is 2. The fraction of sp³-hybridized carbons (Fsp3) is 0.400. The maximum Gasteiger partial charge on any atom is 0.270 e. The molecule has 26 heavy (non-hydrogen) atoms. The van der Waals surface area contributed by atoms with Gasteiger partial charge in [0, 0.05) is 23.5 Å². The fourth-order valence-electron chi connectivity index (χ4n) is 3.30.